The van der Waals surface area contributed by atoms with E-state index in [1.54, 1.807) is 5.38 Å². The Morgan fingerprint density at radius 2 is 2.56 bits per heavy atom. The van der Waals surface area contributed by atoms with Gasteiger partial charge in [0.15, 0.2) is 5.69 Å². The summed E-state index contributed by atoms with van der Waals surface area (Å²) in [4.78, 5) is 10.4. The smallest absolute Gasteiger partial charge is 0.269 e. The zero-order valence-corrected chi connectivity index (χ0v) is 5.87. The fraction of sp³-hybridized carbons (Fsp3) is 0. The summed E-state index contributed by atoms with van der Waals surface area (Å²) in [5.41, 5.74) is 5.03. The van der Waals surface area contributed by atoms with Gasteiger partial charge in [0.2, 0.25) is 0 Å². The van der Waals surface area contributed by atoms with Crippen molar-refractivity contribution in [1.29, 1.82) is 0 Å². The molecule has 2 N–H and O–H groups in total. The van der Waals surface area contributed by atoms with Gasteiger partial charge in [-0.15, -0.1) is 0 Å². The van der Waals surface area contributed by atoms with Crippen LogP contribution < -0.4 is 5.73 Å². The first-order valence-corrected chi connectivity index (χ1v) is 3.33. The van der Waals surface area contributed by atoms with Gasteiger partial charge in [-0.1, -0.05) is 11.6 Å². The van der Waals surface area contributed by atoms with Crippen LogP contribution in [0.3, 0.4) is 0 Å². The van der Waals surface area contributed by atoms with Crippen LogP contribution in [0.15, 0.2) is 5.38 Å². The second-order valence-electron chi connectivity index (χ2n) is 1.38. The van der Waals surface area contributed by atoms with Crippen LogP contribution in [0.1, 0.15) is 10.5 Å². The Kier molecular flexibility index (Phi) is 1.68. The Hall–Kier alpha value is -0.610. The third-order valence-electron chi connectivity index (χ3n) is 0.760. The number of carbonyl (C=O) groups is 1. The second kappa shape index (κ2) is 2.33. The molecule has 1 rings (SSSR count). The van der Waals surface area contributed by atoms with Gasteiger partial charge in [-0.3, -0.25) is 4.79 Å². The maximum absolute atomic E-state index is 10.4. The molecule has 0 spiro atoms. The summed E-state index contributed by atoms with van der Waals surface area (Å²) in [5.74, 6) is -0.582. The molecule has 48 valence electrons. The Morgan fingerprint density at radius 1 is 1.89 bits per heavy atom. The van der Waals surface area contributed by atoms with Gasteiger partial charge in [0, 0.05) is 5.38 Å². The molecule has 0 unspecified atom stereocenters. The minimum absolute atomic E-state index is 0.154. The zero-order chi connectivity index (χ0) is 6.85. The summed E-state index contributed by atoms with van der Waals surface area (Å²) in [7, 11) is 0. The van der Waals surface area contributed by atoms with E-state index in [0.29, 0.717) is 5.02 Å². The number of nitrogens with zero attached hydrogens (tertiary/aromatic N) is 1. The van der Waals surface area contributed by atoms with Crippen molar-refractivity contribution in [2.45, 2.75) is 0 Å². The number of carbonyl (C=O) groups excluding carboxylic acids is 1. The molecule has 1 amide bonds. The number of primary amides is 1. The van der Waals surface area contributed by atoms with E-state index in [1.807, 2.05) is 0 Å². The second-order valence-corrected chi connectivity index (χ2v) is 2.41. The van der Waals surface area contributed by atoms with Crippen LogP contribution in [-0.2, 0) is 0 Å². The molecule has 1 heterocycles. The molecule has 0 saturated heterocycles. The van der Waals surface area contributed by atoms with Crippen LogP contribution >= 0.6 is 23.1 Å². The molecule has 0 atom stereocenters. The van der Waals surface area contributed by atoms with Crippen LogP contribution in [0.2, 0.25) is 5.02 Å². The third kappa shape index (κ3) is 1.20. The first kappa shape index (κ1) is 6.51. The van der Waals surface area contributed by atoms with Crippen molar-refractivity contribution in [3.63, 3.8) is 0 Å². The monoisotopic (exact) mass is 162 g/mol. The number of halogens is 1. The molecular formula is C4H3ClN2OS. The average molecular weight is 163 g/mol. The third-order valence-corrected chi connectivity index (χ3v) is 1.81. The largest absolute Gasteiger partial charge is 0.364 e. The molecule has 0 aliphatic heterocycles. The Labute approximate surface area is 60.6 Å². The number of rotatable bonds is 1. The summed E-state index contributed by atoms with van der Waals surface area (Å²) in [6.07, 6.45) is 0. The lowest BCUT2D eigenvalue weighted by Gasteiger charge is -1.83. The highest BCUT2D eigenvalue weighted by atomic mass is 35.5. The van der Waals surface area contributed by atoms with Crippen LogP contribution in [0, 0.1) is 0 Å². The molecule has 0 fully saturated rings. The molecule has 3 nitrogen and oxygen atoms in total. The topological polar surface area (TPSA) is 56.0 Å². The number of amides is 1. The van der Waals surface area contributed by atoms with Crippen molar-refractivity contribution in [2.24, 2.45) is 5.73 Å². The maximum atomic E-state index is 10.4. The maximum Gasteiger partial charge on any atom is 0.269 e. The van der Waals surface area contributed by atoms with Crippen molar-refractivity contribution in [3.05, 3.63) is 16.1 Å². The fourth-order valence-corrected chi connectivity index (χ4v) is 1.24. The number of aromatic nitrogens is 1. The van der Waals surface area contributed by atoms with E-state index in [1.165, 1.54) is 0 Å². The molecule has 0 saturated carbocycles. The first-order valence-electron chi connectivity index (χ1n) is 2.11. The van der Waals surface area contributed by atoms with E-state index in [2.05, 4.69) is 4.37 Å². The SMILES string of the molecule is NC(=O)c1nscc1Cl. The van der Waals surface area contributed by atoms with Gasteiger partial charge in [-0.05, 0) is 11.5 Å². The lowest BCUT2D eigenvalue weighted by Crippen LogP contribution is -2.11. The summed E-state index contributed by atoms with van der Waals surface area (Å²) >= 11 is 6.59. The van der Waals surface area contributed by atoms with Gasteiger partial charge >= 0.3 is 0 Å². The van der Waals surface area contributed by atoms with Crippen molar-refractivity contribution in [1.82, 2.24) is 4.37 Å². The lowest BCUT2D eigenvalue weighted by atomic mass is 10.4. The highest BCUT2D eigenvalue weighted by molar-refractivity contribution is 7.04. The van der Waals surface area contributed by atoms with Crippen molar-refractivity contribution in [3.8, 4) is 0 Å². The molecule has 0 bridgehead atoms. The lowest BCUT2D eigenvalue weighted by molar-refractivity contribution is 0.0997. The van der Waals surface area contributed by atoms with Crippen LogP contribution in [0.5, 0.6) is 0 Å². The summed E-state index contributed by atoms with van der Waals surface area (Å²) in [5, 5.41) is 1.88. The average Bonchev–Trinajstić information content (AvgIpc) is 2.13. The molecule has 5 heteroatoms. The minimum atomic E-state index is -0.582. The standard InChI is InChI=1S/C4H3ClN2OS/c5-2-1-9-7-3(2)4(6)8/h1H,(H2,6,8). The quantitative estimate of drug-likeness (QED) is 0.667. The van der Waals surface area contributed by atoms with E-state index in [-0.39, 0.29) is 5.69 Å². The summed E-state index contributed by atoms with van der Waals surface area (Å²) < 4.78 is 3.65. The molecule has 0 radical (unpaired) electrons. The number of hydrogen-bond acceptors (Lipinski definition) is 3. The molecule has 1 aromatic rings. The molecule has 0 aliphatic rings. The van der Waals surface area contributed by atoms with E-state index >= 15 is 0 Å². The van der Waals surface area contributed by atoms with Crippen LogP contribution in [0.25, 0.3) is 0 Å². The first-order chi connectivity index (χ1) is 4.22. The summed E-state index contributed by atoms with van der Waals surface area (Å²) in [6, 6.07) is 0. The van der Waals surface area contributed by atoms with Gasteiger partial charge < -0.3 is 5.73 Å². The number of hydrogen-bond donors (Lipinski definition) is 1. The molecule has 9 heavy (non-hydrogen) atoms. The Balaban J connectivity index is 3.08. The highest BCUT2D eigenvalue weighted by Gasteiger charge is 2.07. The Bertz CT molecular complexity index is 234. The predicted molar refractivity (Wildman–Crippen MR) is 35.6 cm³/mol. The molecule has 0 aromatic carbocycles. The van der Waals surface area contributed by atoms with E-state index < -0.39 is 5.91 Å². The van der Waals surface area contributed by atoms with E-state index in [0.717, 1.165) is 11.5 Å². The fourth-order valence-electron chi connectivity index (χ4n) is 0.387. The van der Waals surface area contributed by atoms with E-state index in [4.69, 9.17) is 17.3 Å². The van der Waals surface area contributed by atoms with Gasteiger partial charge in [0.05, 0.1) is 5.02 Å². The van der Waals surface area contributed by atoms with Gasteiger partial charge in [-0.2, -0.15) is 4.37 Å². The van der Waals surface area contributed by atoms with Gasteiger partial charge in [-0.25, -0.2) is 0 Å². The Morgan fingerprint density at radius 3 is 2.78 bits per heavy atom. The number of nitrogens with two attached hydrogens (primary N) is 1. The van der Waals surface area contributed by atoms with Gasteiger partial charge in [0.1, 0.15) is 0 Å². The molecule has 0 aliphatic carbocycles. The molecular weight excluding hydrogens is 160 g/mol. The van der Waals surface area contributed by atoms with Crippen LogP contribution in [0.4, 0.5) is 0 Å². The summed E-state index contributed by atoms with van der Waals surface area (Å²) in [6.45, 7) is 0. The van der Waals surface area contributed by atoms with Crippen LogP contribution in [-0.4, -0.2) is 10.3 Å². The minimum Gasteiger partial charge on any atom is -0.364 e. The zero-order valence-electron chi connectivity index (χ0n) is 4.30. The van der Waals surface area contributed by atoms with Crippen molar-refractivity contribution < 1.29 is 4.79 Å². The van der Waals surface area contributed by atoms with E-state index in [9.17, 15) is 4.79 Å². The molecule has 1 aromatic heterocycles. The van der Waals surface area contributed by atoms with Gasteiger partial charge in [0.25, 0.3) is 5.91 Å². The normalized spacial score (nSPS) is 9.44. The predicted octanol–water partition coefficient (Wildman–Crippen LogP) is 0.895. The van der Waals surface area contributed by atoms with Crippen molar-refractivity contribution >= 4 is 29.0 Å². The highest BCUT2D eigenvalue weighted by Crippen LogP contribution is 2.15. The van der Waals surface area contributed by atoms with Crippen molar-refractivity contribution in [2.75, 3.05) is 0 Å².